The number of likely N-dealkylation sites (N-methyl/N-ethyl adjacent to an activating group) is 1. The van der Waals surface area contributed by atoms with Crippen LogP contribution < -0.4 is 5.32 Å². The van der Waals surface area contributed by atoms with Gasteiger partial charge in [-0.3, -0.25) is 4.79 Å². The predicted octanol–water partition coefficient (Wildman–Crippen LogP) is 0.423. The van der Waals surface area contributed by atoms with Crippen LogP contribution in [0.3, 0.4) is 0 Å². The topological polar surface area (TPSA) is 99.1 Å². The molecule has 2 aliphatic rings. The van der Waals surface area contributed by atoms with E-state index in [-0.39, 0.29) is 31.0 Å². The number of rotatable bonds is 6. The molecule has 1 atom stereocenters. The molecule has 2 rings (SSSR count). The Hall–Kier alpha value is -1.34. The summed E-state index contributed by atoms with van der Waals surface area (Å²) in [5.74, 6) is -0.637. The van der Waals surface area contributed by atoms with Crippen molar-refractivity contribution >= 4 is 12.0 Å². The number of ether oxygens (including phenoxy) is 1. The summed E-state index contributed by atoms with van der Waals surface area (Å²) in [5.41, 5.74) is -0.911. The summed E-state index contributed by atoms with van der Waals surface area (Å²) >= 11 is 0. The Kier molecular flexibility index (Phi) is 5.05. The molecule has 1 saturated carbocycles. The Morgan fingerprint density at radius 3 is 2.52 bits per heavy atom. The van der Waals surface area contributed by atoms with E-state index < -0.39 is 11.6 Å². The highest BCUT2D eigenvalue weighted by molar-refractivity contribution is 5.76. The second kappa shape index (κ2) is 6.62. The van der Waals surface area contributed by atoms with Crippen molar-refractivity contribution in [1.82, 2.24) is 10.2 Å². The maximum atomic E-state index is 12.2. The van der Waals surface area contributed by atoms with Crippen molar-refractivity contribution in [3.8, 4) is 0 Å². The SMILES string of the molecule is CN(CC1(O)CCOCC1)C(=O)NC(CC(=O)O)C1CC1. The molecule has 1 aliphatic carbocycles. The van der Waals surface area contributed by atoms with Gasteiger partial charge in [-0.15, -0.1) is 0 Å². The van der Waals surface area contributed by atoms with E-state index in [9.17, 15) is 14.7 Å². The van der Waals surface area contributed by atoms with Crippen LogP contribution in [0.1, 0.15) is 32.1 Å². The van der Waals surface area contributed by atoms with Crippen molar-refractivity contribution in [3.05, 3.63) is 0 Å². The summed E-state index contributed by atoms with van der Waals surface area (Å²) in [6, 6.07) is -0.644. The fourth-order valence-corrected chi connectivity index (χ4v) is 2.71. The number of hydrogen-bond acceptors (Lipinski definition) is 4. The summed E-state index contributed by atoms with van der Waals surface area (Å²) in [7, 11) is 1.62. The molecule has 21 heavy (non-hydrogen) atoms. The molecular weight excluding hydrogens is 276 g/mol. The second-order valence-corrected chi connectivity index (χ2v) is 6.18. The number of carboxylic acid groups (broad SMARTS) is 1. The van der Waals surface area contributed by atoms with Crippen LogP contribution in [0.4, 0.5) is 4.79 Å². The fourth-order valence-electron chi connectivity index (χ4n) is 2.71. The molecule has 7 nitrogen and oxygen atoms in total. The zero-order chi connectivity index (χ0) is 15.5. The van der Waals surface area contributed by atoms with Crippen molar-refractivity contribution in [2.45, 2.75) is 43.7 Å². The third-order valence-electron chi connectivity index (χ3n) is 4.20. The van der Waals surface area contributed by atoms with Crippen molar-refractivity contribution in [1.29, 1.82) is 0 Å². The van der Waals surface area contributed by atoms with Gasteiger partial charge in [-0.25, -0.2) is 4.79 Å². The number of carboxylic acids is 1. The van der Waals surface area contributed by atoms with Crippen LogP contribution in [0.15, 0.2) is 0 Å². The highest BCUT2D eigenvalue weighted by Gasteiger charge is 2.36. The van der Waals surface area contributed by atoms with Gasteiger partial charge in [-0.05, 0) is 18.8 Å². The van der Waals surface area contributed by atoms with Crippen molar-refractivity contribution in [2.24, 2.45) is 5.92 Å². The molecule has 120 valence electrons. The van der Waals surface area contributed by atoms with Crippen LogP contribution in [-0.2, 0) is 9.53 Å². The molecule has 1 heterocycles. The van der Waals surface area contributed by atoms with Gasteiger partial charge >= 0.3 is 12.0 Å². The average molecular weight is 300 g/mol. The molecule has 1 aliphatic heterocycles. The molecule has 0 spiro atoms. The molecular formula is C14H24N2O5. The summed E-state index contributed by atoms with van der Waals surface area (Å²) in [6.45, 7) is 1.22. The highest BCUT2D eigenvalue weighted by atomic mass is 16.5. The lowest BCUT2D eigenvalue weighted by atomic mass is 9.94. The minimum atomic E-state index is -0.911. The van der Waals surface area contributed by atoms with Crippen LogP contribution in [0, 0.1) is 5.92 Å². The van der Waals surface area contributed by atoms with Gasteiger partial charge in [-0.2, -0.15) is 0 Å². The summed E-state index contributed by atoms with van der Waals surface area (Å²) in [5, 5.41) is 22.1. The highest BCUT2D eigenvalue weighted by Crippen LogP contribution is 2.34. The van der Waals surface area contributed by atoms with Gasteiger partial charge in [0.1, 0.15) is 0 Å². The van der Waals surface area contributed by atoms with Gasteiger partial charge in [0.15, 0.2) is 0 Å². The maximum Gasteiger partial charge on any atom is 0.317 e. The lowest BCUT2D eigenvalue weighted by molar-refractivity contribution is -0.137. The number of nitrogens with zero attached hydrogens (tertiary/aromatic N) is 1. The standard InChI is InChI=1S/C14H24N2O5/c1-16(9-14(20)4-6-21-7-5-14)13(19)15-11(8-12(17)18)10-2-3-10/h10-11,20H,2-9H2,1H3,(H,15,19)(H,17,18). The number of urea groups is 1. The minimum absolute atomic E-state index is 0.0532. The maximum absolute atomic E-state index is 12.2. The Morgan fingerprint density at radius 2 is 2.00 bits per heavy atom. The first-order valence-electron chi connectivity index (χ1n) is 7.43. The molecule has 0 bridgehead atoms. The van der Waals surface area contributed by atoms with Crippen LogP contribution >= 0.6 is 0 Å². The molecule has 0 aromatic heterocycles. The molecule has 0 radical (unpaired) electrons. The lowest BCUT2D eigenvalue weighted by Crippen LogP contribution is -2.52. The number of hydrogen-bond donors (Lipinski definition) is 3. The molecule has 2 fully saturated rings. The number of aliphatic carboxylic acids is 1. The van der Waals surface area contributed by atoms with E-state index in [1.807, 2.05) is 0 Å². The van der Waals surface area contributed by atoms with Gasteiger partial charge in [-0.1, -0.05) is 0 Å². The van der Waals surface area contributed by atoms with Crippen LogP contribution in [0.2, 0.25) is 0 Å². The van der Waals surface area contributed by atoms with Crippen LogP contribution in [-0.4, -0.2) is 65.6 Å². The van der Waals surface area contributed by atoms with Crippen molar-refractivity contribution in [2.75, 3.05) is 26.8 Å². The van der Waals surface area contributed by atoms with E-state index >= 15 is 0 Å². The first kappa shape index (κ1) is 16.0. The quantitative estimate of drug-likeness (QED) is 0.660. The molecule has 1 saturated heterocycles. The Bertz CT molecular complexity index is 391. The number of carbonyl (C=O) groups excluding carboxylic acids is 1. The zero-order valence-electron chi connectivity index (χ0n) is 12.4. The van der Waals surface area contributed by atoms with E-state index in [4.69, 9.17) is 9.84 Å². The molecule has 7 heteroatoms. The minimum Gasteiger partial charge on any atom is -0.481 e. The van der Waals surface area contributed by atoms with E-state index in [0.29, 0.717) is 26.1 Å². The molecule has 0 aromatic carbocycles. The molecule has 0 aromatic rings. The van der Waals surface area contributed by atoms with Crippen LogP contribution in [0.25, 0.3) is 0 Å². The first-order chi connectivity index (χ1) is 9.89. The third-order valence-corrected chi connectivity index (χ3v) is 4.20. The van der Waals surface area contributed by atoms with E-state index in [1.54, 1.807) is 7.05 Å². The van der Waals surface area contributed by atoms with Gasteiger partial charge in [0.2, 0.25) is 0 Å². The monoisotopic (exact) mass is 300 g/mol. The summed E-state index contributed by atoms with van der Waals surface area (Å²) in [4.78, 5) is 24.4. The Labute approximate surface area is 124 Å². The smallest absolute Gasteiger partial charge is 0.317 e. The predicted molar refractivity (Wildman–Crippen MR) is 74.9 cm³/mol. The van der Waals surface area contributed by atoms with Crippen molar-refractivity contribution < 1.29 is 24.5 Å². The fraction of sp³-hybridized carbons (Fsp3) is 0.857. The van der Waals surface area contributed by atoms with Crippen LogP contribution in [0.5, 0.6) is 0 Å². The Morgan fingerprint density at radius 1 is 1.38 bits per heavy atom. The molecule has 2 amide bonds. The number of carbonyl (C=O) groups is 2. The first-order valence-corrected chi connectivity index (χ1v) is 7.43. The second-order valence-electron chi connectivity index (χ2n) is 6.18. The lowest BCUT2D eigenvalue weighted by Gasteiger charge is -2.35. The summed E-state index contributed by atoms with van der Waals surface area (Å²) in [6.07, 6.45) is 2.88. The molecule has 1 unspecified atom stereocenters. The summed E-state index contributed by atoms with van der Waals surface area (Å²) < 4.78 is 5.21. The average Bonchev–Trinajstić information content (AvgIpc) is 3.21. The van der Waals surface area contributed by atoms with Gasteiger partial charge in [0.05, 0.1) is 18.6 Å². The molecule has 3 N–H and O–H groups in total. The van der Waals surface area contributed by atoms with E-state index in [2.05, 4.69) is 5.32 Å². The van der Waals surface area contributed by atoms with Crippen molar-refractivity contribution in [3.63, 3.8) is 0 Å². The zero-order valence-corrected chi connectivity index (χ0v) is 12.4. The van der Waals surface area contributed by atoms with Gasteiger partial charge in [0, 0.05) is 39.1 Å². The van der Waals surface area contributed by atoms with Gasteiger partial charge in [0.25, 0.3) is 0 Å². The number of aliphatic hydroxyl groups is 1. The number of nitrogens with one attached hydrogen (secondary N) is 1. The normalized spacial score (nSPS) is 22.4. The van der Waals surface area contributed by atoms with Gasteiger partial charge < -0.3 is 25.2 Å². The van der Waals surface area contributed by atoms with E-state index in [1.165, 1.54) is 4.90 Å². The number of amides is 2. The largest absolute Gasteiger partial charge is 0.481 e. The Balaban J connectivity index is 1.84. The third kappa shape index (κ3) is 4.86. The van der Waals surface area contributed by atoms with E-state index in [0.717, 1.165) is 12.8 Å².